The Balaban J connectivity index is 0.000000379. The van der Waals surface area contributed by atoms with Crippen molar-refractivity contribution >= 4 is 0 Å². The van der Waals surface area contributed by atoms with Gasteiger partial charge in [-0.1, -0.05) is 40.5 Å². The lowest BCUT2D eigenvalue weighted by molar-refractivity contribution is 0.299. The van der Waals surface area contributed by atoms with Gasteiger partial charge in [-0.15, -0.1) is 0 Å². The quantitative estimate of drug-likeness (QED) is 0.574. The molecule has 2 atom stereocenters. The molecule has 2 unspecified atom stereocenters. The van der Waals surface area contributed by atoms with Crippen molar-refractivity contribution in [2.24, 2.45) is 11.8 Å². The van der Waals surface area contributed by atoms with Crippen molar-refractivity contribution in [3.05, 3.63) is 0 Å². The van der Waals surface area contributed by atoms with Gasteiger partial charge < -0.3 is 4.90 Å². The predicted octanol–water partition coefficient (Wildman–Crippen LogP) is 3.79. The third-order valence-electron chi connectivity index (χ3n) is 3.16. The van der Waals surface area contributed by atoms with Crippen LogP contribution in [0.4, 0.5) is 0 Å². The molecule has 0 aromatic heterocycles. The topological polar surface area (TPSA) is 3.24 Å². The van der Waals surface area contributed by atoms with Gasteiger partial charge in [0.15, 0.2) is 0 Å². The first-order valence-corrected chi connectivity index (χ1v) is 6.55. The lowest BCUT2D eigenvalue weighted by atomic mass is 9.82. The molecule has 1 heteroatoms. The number of rotatable bonds is 0. The molecule has 2 fully saturated rings. The van der Waals surface area contributed by atoms with Crippen LogP contribution in [-0.2, 0) is 0 Å². The number of nitrogens with zero attached hydrogens (tertiary/aromatic N) is 1. The van der Waals surface area contributed by atoms with Crippen LogP contribution >= 0.6 is 0 Å². The second-order valence-corrected chi connectivity index (χ2v) is 4.03. The van der Waals surface area contributed by atoms with E-state index in [2.05, 4.69) is 11.9 Å². The Morgan fingerprint density at radius 1 is 0.786 bits per heavy atom. The standard InChI is InChI=1S/C9H17N.2C2H6/c1-10-6-8-4-2-3-5-9(8)7-10;2*1-2/h8-9H,2-7H2,1H3;2*1-2H3. The van der Waals surface area contributed by atoms with Crippen LogP contribution in [0.1, 0.15) is 53.4 Å². The Hall–Kier alpha value is -0.0400. The van der Waals surface area contributed by atoms with E-state index in [4.69, 9.17) is 0 Å². The molecule has 0 bridgehead atoms. The molecular formula is C13H29N. The van der Waals surface area contributed by atoms with Crippen molar-refractivity contribution in [2.75, 3.05) is 20.1 Å². The van der Waals surface area contributed by atoms with E-state index in [1.165, 1.54) is 38.8 Å². The van der Waals surface area contributed by atoms with Gasteiger partial charge in [-0.2, -0.15) is 0 Å². The fraction of sp³-hybridized carbons (Fsp3) is 1.00. The maximum Gasteiger partial charge on any atom is 0.000985 e. The summed E-state index contributed by atoms with van der Waals surface area (Å²) in [6.07, 6.45) is 6.01. The largest absolute Gasteiger partial charge is 0.306 e. The Morgan fingerprint density at radius 2 is 1.14 bits per heavy atom. The lowest BCUT2D eigenvalue weighted by Crippen LogP contribution is -2.16. The molecule has 1 saturated heterocycles. The summed E-state index contributed by atoms with van der Waals surface area (Å²) in [6, 6.07) is 0. The highest BCUT2D eigenvalue weighted by atomic mass is 15.1. The molecule has 1 nitrogen and oxygen atoms in total. The summed E-state index contributed by atoms with van der Waals surface area (Å²) in [6.45, 7) is 10.8. The first kappa shape index (κ1) is 14.0. The van der Waals surface area contributed by atoms with Crippen molar-refractivity contribution < 1.29 is 0 Å². The molecule has 1 aliphatic heterocycles. The summed E-state index contributed by atoms with van der Waals surface area (Å²) >= 11 is 0. The second kappa shape index (κ2) is 8.28. The fourth-order valence-corrected chi connectivity index (χ4v) is 2.64. The van der Waals surface area contributed by atoms with E-state index in [-0.39, 0.29) is 0 Å². The summed E-state index contributed by atoms with van der Waals surface area (Å²) in [7, 11) is 2.26. The van der Waals surface area contributed by atoms with Crippen LogP contribution in [0.5, 0.6) is 0 Å². The molecule has 0 amide bonds. The highest BCUT2D eigenvalue weighted by Gasteiger charge is 2.31. The molecule has 0 spiro atoms. The zero-order chi connectivity index (χ0) is 11.0. The Morgan fingerprint density at radius 3 is 1.50 bits per heavy atom. The highest BCUT2D eigenvalue weighted by molar-refractivity contribution is 4.84. The van der Waals surface area contributed by atoms with Crippen LogP contribution < -0.4 is 0 Å². The van der Waals surface area contributed by atoms with Gasteiger partial charge in [0.05, 0.1) is 0 Å². The average molecular weight is 199 g/mol. The van der Waals surface area contributed by atoms with E-state index in [9.17, 15) is 0 Å². The van der Waals surface area contributed by atoms with Crippen molar-refractivity contribution in [1.82, 2.24) is 4.90 Å². The number of hydrogen-bond acceptors (Lipinski definition) is 1. The summed E-state index contributed by atoms with van der Waals surface area (Å²) < 4.78 is 0. The minimum Gasteiger partial charge on any atom is -0.306 e. The normalized spacial score (nSPS) is 30.6. The summed E-state index contributed by atoms with van der Waals surface area (Å²) in [5.74, 6) is 2.14. The molecule has 0 N–H and O–H groups in total. The maximum atomic E-state index is 2.50. The Bertz CT molecular complexity index is 108. The van der Waals surface area contributed by atoms with Crippen LogP contribution in [0.15, 0.2) is 0 Å². The molecule has 0 radical (unpaired) electrons. The van der Waals surface area contributed by atoms with Gasteiger partial charge in [0.2, 0.25) is 0 Å². The first-order valence-electron chi connectivity index (χ1n) is 6.55. The molecular weight excluding hydrogens is 170 g/mol. The monoisotopic (exact) mass is 199 g/mol. The van der Waals surface area contributed by atoms with E-state index in [1.807, 2.05) is 27.7 Å². The smallest absolute Gasteiger partial charge is 0.000985 e. The van der Waals surface area contributed by atoms with E-state index < -0.39 is 0 Å². The van der Waals surface area contributed by atoms with Crippen molar-refractivity contribution in [1.29, 1.82) is 0 Å². The SMILES string of the molecule is CC.CC.CN1CC2CCCCC2C1. The summed E-state index contributed by atoms with van der Waals surface area (Å²) in [5, 5.41) is 0. The van der Waals surface area contributed by atoms with E-state index in [0.717, 1.165) is 11.8 Å². The van der Waals surface area contributed by atoms with Crippen LogP contribution in [0.25, 0.3) is 0 Å². The number of fused-ring (bicyclic) bond motifs is 1. The second-order valence-electron chi connectivity index (χ2n) is 4.03. The first-order chi connectivity index (χ1) is 6.86. The van der Waals surface area contributed by atoms with E-state index in [0.29, 0.717) is 0 Å². The molecule has 86 valence electrons. The highest BCUT2D eigenvalue weighted by Crippen LogP contribution is 2.34. The minimum atomic E-state index is 1.07. The van der Waals surface area contributed by atoms with Gasteiger partial charge in [0, 0.05) is 13.1 Å². The third kappa shape index (κ3) is 4.00. The molecule has 2 aliphatic rings. The van der Waals surface area contributed by atoms with Crippen LogP contribution in [0, 0.1) is 11.8 Å². The van der Waals surface area contributed by atoms with Gasteiger partial charge in [-0.05, 0) is 31.7 Å². The molecule has 0 aromatic carbocycles. The van der Waals surface area contributed by atoms with Gasteiger partial charge >= 0.3 is 0 Å². The molecule has 1 aliphatic carbocycles. The van der Waals surface area contributed by atoms with E-state index >= 15 is 0 Å². The van der Waals surface area contributed by atoms with Gasteiger partial charge in [-0.25, -0.2) is 0 Å². The fourth-order valence-electron chi connectivity index (χ4n) is 2.64. The molecule has 0 aromatic rings. The number of hydrogen-bond donors (Lipinski definition) is 0. The predicted molar refractivity (Wildman–Crippen MR) is 65.6 cm³/mol. The summed E-state index contributed by atoms with van der Waals surface area (Å²) in [4.78, 5) is 2.50. The summed E-state index contributed by atoms with van der Waals surface area (Å²) in [5.41, 5.74) is 0. The van der Waals surface area contributed by atoms with Gasteiger partial charge in [-0.3, -0.25) is 0 Å². The average Bonchev–Trinajstić information content (AvgIpc) is 2.64. The van der Waals surface area contributed by atoms with Crippen LogP contribution in [-0.4, -0.2) is 25.0 Å². The van der Waals surface area contributed by atoms with Crippen molar-refractivity contribution in [3.8, 4) is 0 Å². The zero-order valence-electron chi connectivity index (χ0n) is 10.8. The third-order valence-corrected chi connectivity index (χ3v) is 3.16. The molecule has 14 heavy (non-hydrogen) atoms. The zero-order valence-corrected chi connectivity index (χ0v) is 10.8. The lowest BCUT2D eigenvalue weighted by Gasteiger charge is -2.23. The molecule has 1 saturated carbocycles. The molecule has 1 heterocycles. The van der Waals surface area contributed by atoms with Gasteiger partial charge in [0.1, 0.15) is 0 Å². The molecule has 2 rings (SSSR count). The van der Waals surface area contributed by atoms with Crippen molar-refractivity contribution in [2.45, 2.75) is 53.4 Å². The Labute approximate surface area is 90.9 Å². The maximum absolute atomic E-state index is 2.50. The number of likely N-dealkylation sites (tertiary alicyclic amines) is 1. The minimum absolute atomic E-state index is 1.07. The van der Waals surface area contributed by atoms with Crippen LogP contribution in [0.2, 0.25) is 0 Å². The Kier molecular flexibility index (Phi) is 8.26. The van der Waals surface area contributed by atoms with E-state index in [1.54, 1.807) is 0 Å². The van der Waals surface area contributed by atoms with Gasteiger partial charge in [0.25, 0.3) is 0 Å². The van der Waals surface area contributed by atoms with Crippen LogP contribution in [0.3, 0.4) is 0 Å². The van der Waals surface area contributed by atoms with Crippen molar-refractivity contribution in [3.63, 3.8) is 0 Å².